The van der Waals surface area contributed by atoms with Crippen LogP contribution in [0.3, 0.4) is 0 Å². The zero-order valence-electron chi connectivity index (χ0n) is 10.3. The molecule has 0 fully saturated rings. The first-order valence-corrected chi connectivity index (χ1v) is 5.76. The van der Waals surface area contributed by atoms with Gasteiger partial charge in [0.05, 0.1) is 12.2 Å². The minimum absolute atomic E-state index is 0.168. The van der Waals surface area contributed by atoms with Crippen LogP contribution in [0.15, 0.2) is 18.3 Å². The van der Waals surface area contributed by atoms with Gasteiger partial charge < -0.3 is 15.8 Å². The first-order chi connectivity index (χ1) is 8.13. The second kappa shape index (κ2) is 6.85. The Kier molecular flexibility index (Phi) is 5.42. The lowest BCUT2D eigenvalue weighted by Crippen LogP contribution is -2.19. The topological polar surface area (TPSA) is 77.2 Å². The normalized spacial score (nSPS) is 11.9. The third kappa shape index (κ3) is 4.82. The van der Waals surface area contributed by atoms with Crippen LogP contribution in [0.1, 0.15) is 30.6 Å². The van der Waals surface area contributed by atoms with Crippen molar-refractivity contribution in [3.05, 3.63) is 23.9 Å². The van der Waals surface area contributed by atoms with E-state index in [-0.39, 0.29) is 12.0 Å². The summed E-state index contributed by atoms with van der Waals surface area (Å²) in [6.45, 7) is 4.87. The van der Waals surface area contributed by atoms with Crippen LogP contribution >= 0.6 is 0 Å². The van der Waals surface area contributed by atoms with Gasteiger partial charge in [0.25, 0.3) is 0 Å². The Bertz CT molecular complexity index is 349. The molecule has 0 radical (unpaired) electrons. The number of anilines is 1. The van der Waals surface area contributed by atoms with E-state index in [1.54, 1.807) is 19.1 Å². The summed E-state index contributed by atoms with van der Waals surface area (Å²) in [6, 6.07) is 3.62. The lowest BCUT2D eigenvalue weighted by atomic mass is 10.2. The van der Waals surface area contributed by atoms with Gasteiger partial charge >= 0.3 is 5.97 Å². The van der Waals surface area contributed by atoms with Crippen LogP contribution in [0, 0.1) is 0 Å². The number of aromatic nitrogens is 1. The second-order valence-corrected chi connectivity index (χ2v) is 3.85. The monoisotopic (exact) mass is 237 g/mol. The summed E-state index contributed by atoms with van der Waals surface area (Å²) in [5.41, 5.74) is 6.09. The highest BCUT2D eigenvalue weighted by Crippen LogP contribution is 2.06. The molecule has 1 atom stereocenters. The summed E-state index contributed by atoms with van der Waals surface area (Å²) in [5.74, 6) is 0.390. The maximum absolute atomic E-state index is 11.4. The minimum atomic E-state index is -0.345. The highest BCUT2D eigenvalue weighted by atomic mass is 16.5. The number of rotatable bonds is 6. The number of nitrogens with one attached hydrogen (secondary N) is 1. The van der Waals surface area contributed by atoms with Crippen molar-refractivity contribution >= 4 is 11.8 Å². The van der Waals surface area contributed by atoms with Crippen molar-refractivity contribution in [1.29, 1.82) is 0 Å². The molecule has 1 heterocycles. The lowest BCUT2D eigenvalue weighted by molar-refractivity contribution is 0.0526. The van der Waals surface area contributed by atoms with Crippen molar-refractivity contribution in [1.82, 2.24) is 4.98 Å². The molecule has 94 valence electrons. The Balaban J connectivity index is 2.47. The van der Waals surface area contributed by atoms with Crippen molar-refractivity contribution in [2.75, 3.05) is 18.5 Å². The number of nitrogens with two attached hydrogens (primary N) is 1. The molecule has 3 N–H and O–H groups in total. The van der Waals surface area contributed by atoms with Gasteiger partial charge in [0, 0.05) is 18.8 Å². The molecule has 0 aliphatic heterocycles. The van der Waals surface area contributed by atoms with Crippen LogP contribution in [0.5, 0.6) is 0 Å². The number of hydrogen-bond acceptors (Lipinski definition) is 5. The zero-order valence-corrected chi connectivity index (χ0v) is 10.3. The molecule has 1 rings (SSSR count). The first-order valence-electron chi connectivity index (χ1n) is 5.76. The summed E-state index contributed by atoms with van der Waals surface area (Å²) in [5, 5.41) is 3.13. The molecule has 0 aliphatic carbocycles. The Morgan fingerprint density at radius 2 is 2.35 bits per heavy atom. The maximum Gasteiger partial charge on any atom is 0.339 e. The molecule has 1 aromatic heterocycles. The van der Waals surface area contributed by atoms with Gasteiger partial charge in [-0.2, -0.15) is 0 Å². The van der Waals surface area contributed by atoms with E-state index >= 15 is 0 Å². The molecule has 0 aromatic carbocycles. The van der Waals surface area contributed by atoms with Crippen molar-refractivity contribution in [3.8, 4) is 0 Å². The van der Waals surface area contributed by atoms with E-state index in [1.165, 1.54) is 6.20 Å². The molecular weight excluding hydrogens is 218 g/mol. The highest BCUT2D eigenvalue weighted by Gasteiger charge is 2.06. The summed E-state index contributed by atoms with van der Waals surface area (Å²) >= 11 is 0. The summed E-state index contributed by atoms with van der Waals surface area (Å²) in [7, 11) is 0. The van der Waals surface area contributed by atoms with Crippen LogP contribution in [-0.4, -0.2) is 30.1 Å². The highest BCUT2D eigenvalue weighted by molar-refractivity contribution is 5.89. The molecule has 1 aromatic rings. The van der Waals surface area contributed by atoms with Gasteiger partial charge in [-0.3, -0.25) is 0 Å². The van der Waals surface area contributed by atoms with E-state index < -0.39 is 0 Å². The molecule has 0 saturated carbocycles. The number of pyridine rings is 1. The summed E-state index contributed by atoms with van der Waals surface area (Å²) in [6.07, 6.45) is 2.38. The Morgan fingerprint density at radius 3 is 2.88 bits per heavy atom. The molecule has 1 unspecified atom stereocenters. The van der Waals surface area contributed by atoms with Crippen molar-refractivity contribution in [2.24, 2.45) is 5.73 Å². The lowest BCUT2D eigenvalue weighted by Gasteiger charge is -2.08. The Labute approximate surface area is 101 Å². The quantitative estimate of drug-likeness (QED) is 0.731. The van der Waals surface area contributed by atoms with Crippen LogP contribution in [0.4, 0.5) is 5.82 Å². The van der Waals surface area contributed by atoms with Gasteiger partial charge in [-0.1, -0.05) is 0 Å². The first kappa shape index (κ1) is 13.4. The minimum Gasteiger partial charge on any atom is -0.462 e. The van der Waals surface area contributed by atoms with Crippen molar-refractivity contribution < 1.29 is 9.53 Å². The fourth-order valence-corrected chi connectivity index (χ4v) is 1.26. The van der Waals surface area contributed by atoms with E-state index in [0.717, 1.165) is 18.8 Å². The fraction of sp³-hybridized carbons (Fsp3) is 0.500. The van der Waals surface area contributed by atoms with Gasteiger partial charge in [-0.05, 0) is 32.4 Å². The number of carbonyl (C=O) groups excluding carboxylic acids is 1. The largest absolute Gasteiger partial charge is 0.462 e. The molecule has 5 heteroatoms. The Morgan fingerprint density at radius 1 is 1.59 bits per heavy atom. The standard InChI is InChI=1S/C12H19N3O2/c1-3-17-12(16)10-4-5-11(15-8-10)14-7-6-9(2)13/h4-5,8-9H,3,6-7,13H2,1-2H3,(H,14,15). The van der Waals surface area contributed by atoms with Gasteiger partial charge in [-0.15, -0.1) is 0 Å². The third-order valence-electron chi connectivity index (χ3n) is 2.18. The molecule has 0 amide bonds. The molecule has 0 saturated heterocycles. The third-order valence-corrected chi connectivity index (χ3v) is 2.18. The van der Waals surface area contributed by atoms with Gasteiger partial charge in [0.2, 0.25) is 0 Å². The van der Waals surface area contributed by atoms with Crippen LogP contribution in [0.2, 0.25) is 0 Å². The van der Waals surface area contributed by atoms with E-state index in [9.17, 15) is 4.79 Å². The van der Waals surface area contributed by atoms with Crippen LogP contribution in [0.25, 0.3) is 0 Å². The van der Waals surface area contributed by atoms with Gasteiger partial charge in [0.1, 0.15) is 5.82 Å². The number of carbonyl (C=O) groups is 1. The second-order valence-electron chi connectivity index (χ2n) is 3.85. The summed E-state index contributed by atoms with van der Waals surface area (Å²) < 4.78 is 4.86. The Hall–Kier alpha value is -1.62. The van der Waals surface area contributed by atoms with Gasteiger partial charge in [-0.25, -0.2) is 9.78 Å². The summed E-state index contributed by atoms with van der Waals surface area (Å²) in [4.78, 5) is 15.5. The van der Waals surface area contributed by atoms with E-state index in [2.05, 4.69) is 10.3 Å². The molecule has 17 heavy (non-hydrogen) atoms. The zero-order chi connectivity index (χ0) is 12.7. The average Bonchev–Trinajstić information content (AvgIpc) is 2.30. The van der Waals surface area contributed by atoms with Crippen LogP contribution < -0.4 is 11.1 Å². The molecule has 0 spiro atoms. The molecular formula is C12H19N3O2. The maximum atomic E-state index is 11.4. The van der Waals surface area contributed by atoms with E-state index in [4.69, 9.17) is 10.5 Å². The number of esters is 1. The fourth-order valence-electron chi connectivity index (χ4n) is 1.26. The van der Waals surface area contributed by atoms with Gasteiger partial charge in [0.15, 0.2) is 0 Å². The average molecular weight is 237 g/mol. The molecule has 0 aliphatic rings. The van der Waals surface area contributed by atoms with Crippen molar-refractivity contribution in [2.45, 2.75) is 26.3 Å². The SMILES string of the molecule is CCOC(=O)c1ccc(NCCC(C)N)nc1. The van der Waals surface area contributed by atoms with E-state index in [1.807, 2.05) is 6.92 Å². The predicted molar refractivity (Wildman–Crippen MR) is 66.9 cm³/mol. The number of ether oxygens (including phenoxy) is 1. The predicted octanol–water partition coefficient (Wildman–Crippen LogP) is 1.41. The number of nitrogens with zero attached hydrogens (tertiary/aromatic N) is 1. The van der Waals surface area contributed by atoms with Crippen LogP contribution in [-0.2, 0) is 4.74 Å². The number of hydrogen-bond donors (Lipinski definition) is 2. The van der Waals surface area contributed by atoms with E-state index in [0.29, 0.717) is 12.2 Å². The van der Waals surface area contributed by atoms with Crippen molar-refractivity contribution in [3.63, 3.8) is 0 Å². The molecule has 0 bridgehead atoms. The smallest absolute Gasteiger partial charge is 0.339 e. The molecule has 5 nitrogen and oxygen atoms in total.